The molecular formula is C20H21ClN2O2. The zero-order valence-corrected chi connectivity index (χ0v) is 14.8. The summed E-state index contributed by atoms with van der Waals surface area (Å²) in [7, 11) is 0. The van der Waals surface area contributed by atoms with Gasteiger partial charge in [-0.2, -0.15) is 0 Å². The molecule has 0 unspecified atom stereocenters. The Morgan fingerprint density at radius 1 is 1.08 bits per heavy atom. The third-order valence-electron chi connectivity index (χ3n) is 4.41. The lowest BCUT2D eigenvalue weighted by atomic mass is 10.1. The first-order chi connectivity index (χ1) is 12.1. The molecule has 0 radical (unpaired) electrons. The largest absolute Gasteiger partial charge is 0.347 e. The average Bonchev–Trinajstić information content (AvgIpc) is 3.05. The number of carbonyl (C=O) groups excluding carboxylic acids is 2. The molecule has 4 nitrogen and oxygen atoms in total. The normalized spacial score (nSPS) is 12.8. The van der Waals surface area contributed by atoms with Gasteiger partial charge in [-0.05, 0) is 48.6 Å². The van der Waals surface area contributed by atoms with Crippen LogP contribution in [0.25, 0.3) is 0 Å². The van der Waals surface area contributed by atoms with Gasteiger partial charge in [0.1, 0.15) is 0 Å². The molecule has 3 rings (SSSR count). The number of aryl methyl sites for hydroxylation is 1. The Morgan fingerprint density at radius 2 is 1.84 bits per heavy atom. The van der Waals surface area contributed by atoms with Gasteiger partial charge in [0.25, 0.3) is 0 Å². The van der Waals surface area contributed by atoms with E-state index in [4.69, 9.17) is 11.6 Å². The molecule has 2 aromatic carbocycles. The summed E-state index contributed by atoms with van der Waals surface area (Å²) in [6, 6.07) is 15.5. The van der Waals surface area contributed by atoms with Gasteiger partial charge in [-0.1, -0.05) is 41.9 Å². The standard InChI is InChI=1S/C20H21ClN2O2/c21-17-10-8-15(9-11-17)4-3-7-19(24)22-14-20(25)23-13-12-16-5-1-2-6-18(16)23/h1-2,5-6,8-11H,3-4,7,12-14H2,(H,22,24). The summed E-state index contributed by atoms with van der Waals surface area (Å²) < 4.78 is 0. The second-order valence-electron chi connectivity index (χ2n) is 6.18. The molecule has 25 heavy (non-hydrogen) atoms. The highest BCUT2D eigenvalue weighted by Crippen LogP contribution is 2.27. The lowest BCUT2D eigenvalue weighted by Gasteiger charge is -2.17. The van der Waals surface area contributed by atoms with Crippen LogP contribution in [0.15, 0.2) is 48.5 Å². The number of hydrogen-bond donors (Lipinski definition) is 1. The minimum atomic E-state index is -0.0882. The number of nitrogens with zero attached hydrogens (tertiary/aromatic N) is 1. The molecule has 2 amide bonds. The minimum Gasteiger partial charge on any atom is -0.347 e. The highest BCUT2D eigenvalue weighted by atomic mass is 35.5. The van der Waals surface area contributed by atoms with Crippen molar-refractivity contribution in [1.82, 2.24) is 5.32 Å². The summed E-state index contributed by atoms with van der Waals surface area (Å²) in [5, 5.41) is 3.45. The maximum Gasteiger partial charge on any atom is 0.246 e. The first-order valence-electron chi connectivity index (χ1n) is 8.53. The van der Waals surface area contributed by atoms with Crippen molar-refractivity contribution in [3.63, 3.8) is 0 Å². The maximum absolute atomic E-state index is 12.3. The molecule has 0 saturated heterocycles. The monoisotopic (exact) mass is 356 g/mol. The zero-order chi connectivity index (χ0) is 17.6. The maximum atomic E-state index is 12.3. The van der Waals surface area contributed by atoms with E-state index in [9.17, 15) is 9.59 Å². The molecule has 0 aliphatic carbocycles. The summed E-state index contributed by atoms with van der Waals surface area (Å²) in [5.74, 6) is -0.147. The van der Waals surface area contributed by atoms with E-state index in [0.29, 0.717) is 18.0 Å². The second kappa shape index (κ2) is 8.17. The van der Waals surface area contributed by atoms with E-state index in [-0.39, 0.29) is 18.4 Å². The Balaban J connectivity index is 1.40. The summed E-state index contributed by atoms with van der Waals surface area (Å²) in [6.45, 7) is 0.735. The number of para-hydroxylation sites is 1. The van der Waals surface area contributed by atoms with Crippen LogP contribution in [0.5, 0.6) is 0 Å². The zero-order valence-electron chi connectivity index (χ0n) is 14.0. The van der Waals surface area contributed by atoms with E-state index >= 15 is 0 Å². The minimum absolute atomic E-state index is 0.0497. The van der Waals surface area contributed by atoms with Gasteiger partial charge < -0.3 is 10.2 Å². The van der Waals surface area contributed by atoms with Crippen LogP contribution in [0.4, 0.5) is 5.69 Å². The number of anilines is 1. The van der Waals surface area contributed by atoms with E-state index in [1.165, 1.54) is 5.56 Å². The fourth-order valence-electron chi connectivity index (χ4n) is 3.06. The molecule has 5 heteroatoms. The van der Waals surface area contributed by atoms with Gasteiger partial charge in [-0.25, -0.2) is 0 Å². The first kappa shape index (κ1) is 17.5. The molecule has 0 atom stereocenters. The van der Waals surface area contributed by atoms with Gasteiger partial charge in [0.05, 0.1) is 6.54 Å². The molecule has 1 aliphatic rings. The first-order valence-corrected chi connectivity index (χ1v) is 8.91. The van der Waals surface area contributed by atoms with Gasteiger partial charge in [0, 0.05) is 23.7 Å². The van der Waals surface area contributed by atoms with Gasteiger partial charge >= 0.3 is 0 Å². The Morgan fingerprint density at radius 3 is 2.64 bits per heavy atom. The summed E-state index contributed by atoms with van der Waals surface area (Å²) in [4.78, 5) is 26.0. The average molecular weight is 357 g/mol. The van der Waals surface area contributed by atoms with Crippen LogP contribution in [0, 0.1) is 0 Å². The lowest BCUT2D eigenvalue weighted by molar-refractivity contribution is -0.125. The van der Waals surface area contributed by atoms with E-state index in [2.05, 4.69) is 5.32 Å². The van der Waals surface area contributed by atoms with Crippen molar-refractivity contribution >= 4 is 29.1 Å². The SMILES string of the molecule is O=C(CCCc1ccc(Cl)cc1)NCC(=O)N1CCc2ccccc21. The third-order valence-corrected chi connectivity index (χ3v) is 4.66. The van der Waals surface area contributed by atoms with Crippen LogP contribution in [-0.4, -0.2) is 24.9 Å². The van der Waals surface area contributed by atoms with Crippen molar-refractivity contribution in [2.45, 2.75) is 25.7 Å². The van der Waals surface area contributed by atoms with E-state index in [0.717, 1.165) is 30.5 Å². The second-order valence-corrected chi connectivity index (χ2v) is 6.62. The molecule has 1 N–H and O–H groups in total. The van der Waals surface area contributed by atoms with E-state index in [1.54, 1.807) is 4.90 Å². The molecule has 1 aliphatic heterocycles. The Kier molecular flexibility index (Phi) is 5.71. The van der Waals surface area contributed by atoms with Crippen molar-refractivity contribution in [3.05, 3.63) is 64.7 Å². The number of nitrogens with one attached hydrogen (secondary N) is 1. The molecular weight excluding hydrogens is 336 g/mol. The molecule has 0 spiro atoms. The summed E-state index contributed by atoms with van der Waals surface area (Å²) in [6.07, 6.45) is 2.84. The molecule has 130 valence electrons. The van der Waals surface area contributed by atoms with E-state index < -0.39 is 0 Å². The lowest BCUT2D eigenvalue weighted by Crippen LogP contribution is -2.39. The Labute approximate surface area is 152 Å². The quantitative estimate of drug-likeness (QED) is 0.862. The number of halogens is 1. The molecule has 2 aromatic rings. The fourth-order valence-corrected chi connectivity index (χ4v) is 3.19. The van der Waals surface area contributed by atoms with Crippen molar-refractivity contribution in [2.24, 2.45) is 0 Å². The molecule has 0 bridgehead atoms. The molecule has 0 aromatic heterocycles. The number of fused-ring (bicyclic) bond motifs is 1. The van der Waals surface area contributed by atoms with Crippen molar-refractivity contribution < 1.29 is 9.59 Å². The van der Waals surface area contributed by atoms with Crippen LogP contribution in [-0.2, 0) is 22.4 Å². The fraction of sp³-hybridized carbons (Fsp3) is 0.300. The number of carbonyl (C=O) groups is 2. The van der Waals surface area contributed by atoms with Gasteiger partial charge in [-0.3, -0.25) is 9.59 Å². The van der Waals surface area contributed by atoms with Crippen LogP contribution < -0.4 is 10.2 Å². The smallest absolute Gasteiger partial charge is 0.246 e. The summed E-state index contributed by atoms with van der Waals surface area (Å²) in [5.41, 5.74) is 3.30. The summed E-state index contributed by atoms with van der Waals surface area (Å²) >= 11 is 5.85. The third kappa shape index (κ3) is 4.60. The van der Waals surface area contributed by atoms with Gasteiger partial charge in [0.2, 0.25) is 11.8 Å². The number of hydrogen-bond acceptors (Lipinski definition) is 2. The highest BCUT2D eigenvalue weighted by molar-refractivity contribution is 6.30. The predicted octanol–water partition coefficient (Wildman–Crippen LogP) is 3.37. The highest BCUT2D eigenvalue weighted by Gasteiger charge is 2.23. The van der Waals surface area contributed by atoms with Crippen molar-refractivity contribution in [3.8, 4) is 0 Å². The van der Waals surface area contributed by atoms with Crippen LogP contribution in [0.1, 0.15) is 24.0 Å². The van der Waals surface area contributed by atoms with Crippen molar-refractivity contribution in [1.29, 1.82) is 0 Å². The molecule has 0 saturated carbocycles. The van der Waals surface area contributed by atoms with Crippen molar-refractivity contribution in [2.75, 3.05) is 18.0 Å². The Hall–Kier alpha value is -2.33. The number of rotatable bonds is 6. The topological polar surface area (TPSA) is 49.4 Å². The number of benzene rings is 2. The van der Waals surface area contributed by atoms with Crippen LogP contribution in [0.3, 0.4) is 0 Å². The number of amides is 2. The molecule has 0 fully saturated rings. The van der Waals surface area contributed by atoms with Crippen LogP contribution in [0.2, 0.25) is 5.02 Å². The van der Waals surface area contributed by atoms with Gasteiger partial charge in [-0.15, -0.1) is 0 Å². The predicted molar refractivity (Wildman–Crippen MR) is 99.9 cm³/mol. The van der Waals surface area contributed by atoms with Crippen LogP contribution >= 0.6 is 11.6 Å². The van der Waals surface area contributed by atoms with Gasteiger partial charge in [0.15, 0.2) is 0 Å². The Bertz CT molecular complexity index is 759. The van der Waals surface area contributed by atoms with E-state index in [1.807, 2.05) is 48.5 Å². The molecule has 1 heterocycles.